The predicted molar refractivity (Wildman–Crippen MR) is 92.9 cm³/mol. The molecule has 1 heterocycles. The number of aryl methyl sites for hydroxylation is 1. The van der Waals surface area contributed by atoms with Crippen LogP contribution in [-0.4, -0.2) is 9.78 Å². The number of hydrogen-bond acceptors (Lipinski definition) is 2. The molecule has 21 heavy (non-hydrogen) atoms. The van der Waals surface area contributed by atoms with E-state index < -0.39 is 0 Å². The van der Waals surface area contributed by atoms with Crippen LogP contribution < -0.4 is 5.32 Å². The normalized spacial score (nSPS) is 12.7. The Kier molecular flexibility index (Phi) is 5.09. The third kappa shape index (κ3) is 3.49. The summed E-state index contributed by atoms with van der Waals surface area (Å²) in [6.45, 7) is 10.7. The number of halogens is 1. The number of nitrogens with zero attached hydrogens (tertiary/aromatic N) is 2. The summed E-state index contributed by atoms with van der Waals surface area (Å²) in [4.78, 5) is 0. The van der Waals surface area contributed by atoms with Crippen molar-refractivity contribution < 1.29 is 0 Å². The predicted octanol–water partition coefficient (Wildman–Crippen LogP) is 5.41. The molecule has 0 aliphatic heterocycles. The summed E-state index contributed by atoms with van der Waals surface area (Å²) >= 11 is 3.55. The van der Waals surface area contributed by atoms with Gasteiger partial charge in [0.15, 0.2) is 0 Å². The van der Waals surface area contributed by atoms with Crippen LogP contribution in [-0.2, 0) is 0 Å². The molecular formula is C17H24BrN3. The minimum atomic E-state index is 0.296. The Morgan fingerprint density at radius 3 is 2.52 bits per heavy atom. The summed E-state index contributed by atoms with van der Waals surface area (Å²) in [5.41, 5.74) is 4.73. The van der Waals surface area contributed by atoms with Crippen LogP contribution in [0.15, 0.2) is 28.7 Å². The Labute approximate surface area is 135 Å². The molecule has 0 bridgehead atoms. The number of anilines is 1. The molecule has 0 aliphatic rings. The second-order valence-corrected chi connectivity index (χ2v) is 6.66. The zero-order valence-corrected chi connectivity index (χ0v) is 15.0. The molecule has 2 aromatic rings. The minimum Gasteiger partial charge on any atom is -0.375 e. The van der Waals surface area contributed by atoms with E-state index in [1.807, 2.05) is 0 Å². The van der Waals surface area contributed by atoms with Gasteiger partial charge >= 0.3 is 0 Å². The Morgan fingerprint density at radius 2 is 2.00 bits per heavy atom. The molecule has 114 valence electrons. The molecule has 1 unspecified atom stereocenters. The number of rotatable bonds is 5. The summed E-state index contributed by atoms with van der Waals surface area (Å²) in [6, 6.07) is 9.17. The zero-order valence-electron chi connectivity index (χ0n) is 13.4. The van der Waals surface area contributed by atoms with Gasteiger partial charge in [-0.25, -0.2) is 0 Å². The highest BCUT2D eigenvalue weighted by Crippen LogP contribution is 2.29. The molecule has 0 saturated carbocycles. The van der Waals surface area contributed by atoms with E-state index in [0.717, 1.165) is 22.3 Å². The molecule has 0 spiro atoms. The third-order valence-corrected chi connectivity index (χ3v) is 4.29. The van der Waals surface area contributed by atoms with Crippen molar-refractivity contribution in [3.63, 3.8) is 0 Å². The quantitative estimate of drug-likeness (QED) is 0.782. The first-order valence-electron chi connectivity index (χ1n) is 7.51. The largest absolute Gasteiger partial charge is 0.375 e. The molecule has 0 saturated heterocycles. The maximum atomic E-state index is 4.65. The van der Waals surface area contributed by atoms with Crippen molar-refractivity contribution in [2.75, 3.05) is 5.32 Å². The maximum Gasteiger partial charge on any atom is 0.0828 e. The van der Waals surface area contributed by atoms with Gasteiger partial charge in [0, 0.05) is 10.5 Å². The second kappa shape index (κ2) is 6.65. The molecule has 0 amide bonds. The fourth-order valence-electron chi connectivity index (χ4n) is 2.69. The molecule has 3 nitrogen and oxygen atoms in total. The topological polar surface area (TPSA) is 29.9 Å². The van der Waals surface area contributed by atoms with Crippen LogP contribution in [0, 0.1) is 13.8 Å². The lowest BCUT2D eigenvalue weighted by Gasteiger charge is -2.19. The molecule has 0 fully saturated rings. The van der Waals surface area contributed by atoms with Crippen LogP contribution in [0.5, 0.6) is 0 Å². The fourth-order valence-corrected chi connectivity index (χ4v) is 3.11. The zero-order chi connectivity index (χ0) is 15.6. The van der Waals surface area contributed by atoms with Gasteiger partial charge in [0.1, 0.15) is 0 Å². The van der Waals surface area contributed by atoms with E-state index in [0.29, 0.717) is 12.1 Å². The van der Waals surface area contributed by atoms with Gasteiger partial charge in [-0.15, -0.1) is 0 Å². The SMILES string of the molecule is CCC(Nc1c(C)nn(C(C)C)c1C)c1cccc(Br)c1. The number of nitrogens with one attached hydrogen (secondary N) is 1. The monoisotopic (exact) mass is 349 g/mol. The van der Waals surface area contributed by atoms with E-state index in [4.69, 9.17) is 0 Å². The summed E-state index contributed by atoms with van der Waals surface area (Å²) in [7, 11) is 0. The van der Waals surface area contributed by atoms with Gasteiger partial charge < -0.3 is 5.32 Å². The van der Waals surface area contributed by atoms with E-state index in [1.165, 1.54) is 11.3 Å². The summed E-state index contributed by atoms with van der Waals surface area (Å²) in [5, 5.41) is 8.33. The lowest BCUT2D eigenvalue weighted by Crippen LogP contribution is -2.11. The molecule has 1 aromatic carbocycles. The van der Waals surface area contributed by atoms with E-state index in [9.17, 15) is 0 Å². The van der Waals surface area contributed by atoms with Gasteiger partial charge in [0.05, 0.1) is 23.1 Å². The van der Waals surface area contributed by atoms with E-state index in [2.05, 4.69) is 89.9 Å². The maximum absolute atomic E-state index is 4.65. The van der Waals surface area contributed by atoms with Gasteiger partial charge in [-0.1, -0.05) is 35.0 Å². The van der Waals surface area contributed by atoms with Crippen molar-refractivity contribution in [2.24, 2.45) is 0 Å². The first-order chi connectivity index (χ1) is 9.93. The third-order valence-electron chi connectivity index (χ3n) is 3.79. The van der Waals surface area contributed by atoms with Crippen LogP contribution in [0.25, 0.3) is 0 Å². The number of hydrogen-bond donors (Lipinski definition) is 1. The Bertz CT molecular complexity index is 616. The molecule has 2 rings (SSSR count). The van der Waals surface area contributed by atoms with Gasteiger partial charge in [-0.05, 0) is 51.8 Å². The smallest absolute Gasteiger partial charge is 0.0828 e. The van der Waals surface area contributed by atoms with Crippen molar-refractivity contribution in [1.29, 1.82) is 0 Å². The van der Waals surface area contributed by atoms with Crippen molar-refractivity contribution in [3.05, 3.63) is 45.7 Å². The van der Waals surface area contributed by atoms with Gasteiger partial charge in [-0.3, -0.25) is 4.68 Å². The lowest BCUT2D eigenvalue weighted by molar-refractivity contribution is 0.516. The van der Waals surface area contributed by atoms with Crippen LogP contribution >= 0.6 is 15.9 Å². The van der Waals surface area contributed by atoms with Crippen molar-refractivity contribution in [2.45, 2.75) is 53.1 Å². The average Bonchev–Trinajstić information content (AvgIpc) is 2.72. The van der Waals surface area contributed by atoms with Crippen LogP contribution in [0.4, 0.5) is 5.69 Å². The Balaban J connectivity index is 2.31. The minimum absolute atomic E-state index is 0.296. The van der Waals surface area contributed by atoms with E-state index >= 15 is 0 Å². The fraction of sp³-hybridized carbons (Fsp3) is 0.471. The number of aromatic nitrogens is 2. The van der Waals surface area contributed by atoms with Crippen LogP contribution in [0.2, 0.25) is 0 Å². The highest BCUT2D eigenvalue weighted by atomic mass is 79.9. The summed E-state index contributed by atoms with van der Waals surface area (Å²) in [6.07, 6.45) is 1.03. The molecule has 1 atom stereocenters. The molecular weight excluding hydrogens is 326 g/mol. The lowest BCUT2D eigenvalue weighted by atomic mass is 10.0. The molecule has 1 N–H and O–H groups in total. The van der Waals surface area contributed by atoms with Gasteiger partial charge in [0.25, 0.3) is 0 Å². The van der Waals surface area contributed by atoms with Crippen LogP contribution in [0.1, 0.15) is 56.2 Å². The molecule has 4 heteroatoms. The summed E-state index contributed by atoms with van der Waals surface area (Å²) < 4.78 is 3.21. The van der Waals surface area contributed by atoms with Crippen molar-refractivity contribution in [3.8, 4) is 0 Å². The second-order valence-electron chi connectivity index (χ2n) is 5.74. The standard InChI is InChI=1S/C17H24BrN3/c1-6-16(14-8-7-9-15(18)10-14)19-17-12(4)20-21(11(2)3)13(17)5/h7-11,16,19H,6H2,1-5H3. The van der Waals surface area contributed by atoms with E-state index in [-0.39, 0.29) is 0 Å². The molecule has 0 aliphatic carbocycles. The first-order valence-corrected chi connectivity index (χ1v) is 8.31. The average molecular weight is 350 g/mol. The van der Waals surface area contributed by atoms with Crippen molar-refractivity contribution >= 4 is 21.6 Å². The van der Waals surface area contributed by atoms with Crippen molar-refractivity contribution in [1.82, 2.24) is 9.78 Å². The van der Waals surface area contributed by atoms with Crippen LogP contribution in [0.3, 0.4) is 0 Å². The number of benzene rings is 1. The molecule has 0 radical (unpaired) electrons. The molecule has 1 aromatic heterocycles. The van der Waals surface area contributed by atoms with Gasteiger partial charge in [0.2, 0.25) is 0 Å². The Hall–Kier alpha value is -1.29. The van der Waals surface area contributed by atoms with Gasteiger partial charge in [-0.2, -0.15) is 5.10 Å². The first kappa shape index (κ1) is 16.1. The summed E-state index contributed by atoms with van der Waals surface area (Å²) in [5.74, 6) is 0. The van der Waals surface area contributed by atoms with E-state index in [1.54, 1.807) is 0 Å². The highest BCUT2D eigenvalue weighted by molar-refractivity contribution is 9.10. The highest BCUT2D eigenvalue weighted by Gasteiger charge is 2.17. The Morgan fingerprint density at radius 1 is 1.29 bits per heavy atom.